The average molecular weight is 322 g/mol. The first-order chi connectivity index (χ1) is 10.1. The molecule has 1 heterocycles. The Kier molecular flexibility index (Phi) is 3.76. The zero-order valence-corrected chi connectivity index (χ0v) is 12.6. The lowest BCUT2D eigenvalue weighted by Crippen LogP contribution is -2.04. The van der Waals surface area contributed by atoms with Gasteiger partial charge in [-0.3, -0.25) is 0 Å². The molecule has 3 aromatic rings. The second-order valence-electron chi connectivity index (χ2n) is 4.69. The first-order valence-corrected chi connectivity index (χ1v) is 7.18. The number of benzene rings is 2. The minimum absolute atomic E-state index is 0.00101. The van der Waals surface area contributed by atoms with Gasteiger partial charge in [0.05, 0.1) is 27.7 Å². The minimum Gasteiger partial charge on any atom is -0.399 e. The molecule has 0 aliphatic heterocycles. The fourth-order valence-electron chi connectivity index (χ4n) is 2.34. The molecule has 0 radical (unpaired) electrons. The van der Waals surface area contributed by atoms with E-state index in [1.807, 2.05) is 28.8 Å². The van der Waals surface area contributed by atoms with Crippen LogP contribution in [0.5, 0.6) is 0 Å². The Balaban J connectivity index is 2.28. The van der Waals surface area contributed by atoms with E-state index in [0.29, 0.717) is 22.3 Å². The standard InChI is InChI=1S/C15H13Cl2N3O/c16-11-7-13-14(8-12(11)17)20(4-5-21)15(19-13)9-2-1-3-10(18)6-9/h1-3,6-8,21H,4-5,18H2. The number of aliphatic hydroxyl groups excluding tert-OH is 1. The van der Waals surface area contributed by atoms with Crippen LogP contribution in [0.15, 0.2) is 36.4 Å². The molecular weight excluding hydrogens is 309 g/mol. The number of nitrogen functional groups attached to an aromatic ring is 1. The third-order valence-corrected chi connectivity index (χ3v) is 3.98. The lowest BCUT2D eigenvalue weighted by atomic mass is 10.2. The molecule has 0 atom stereocenters. The van der Waals surface area contributed by atoms with Gasteiger partial charge in [-0.2, -0.15) is 0 Å². The molecule has 6 heteroatoms. The molecule has 3 N–H and O–H groups in total. The summed E-state index contributed by atoms with van der Waals surface area (Å²) in [5, 5.41) is 10.2. The highest BCUT2D eigenvalue weighted by Crippen LogP contribution is 2.31. The highest BCUT2D eigenvalue weighted by molar-refractivity contribution is 6.42. The Bertz CT molecular complexity index is 814. The molecule has 1 aromatic heterocycles. The van der Waals surface area contributed by atoms with Gasteiger partial charge in [-0.25, -0.2) is 4.98 Å². The third kappa shape index (κ3) is 2.58. The first kappa shape index (κ1) is 14.2. The van der Waals surface area contributed by atoms with E-state index in [-0.39, 0.29) is 6.61 Å². The van der Waals surface area contributed by atoms with Crippen molar-refractivity contribution in [3.8, 4) is 11.4 Å². The first-order valence-electron chi connectivity index (χ1n) is 6.42. The number of fused-ring (bicyclic) bond motifs is 1. The van der Waals surface area contributed by atoms with Gasteiger partial charge in [0.1, 0.15) is 5.82 Å². The molecule has 0 bridgehead atoms. The van der Waals surface area contributed by atoms with Crippen molar-refractivity contribution in [2.24, 2.45) is 0 Å². The monoisotopic (exact) mass is 321 g/mol. The van der Waals surface area contributed by atoms with E-state index in [0.717, 1.165) is 22.4 Å². The number of aliphatic hydroxyl groups is 1. The van der Waals surface area contributed by atoms with Crippen molar-refractivity contribution in [1.82, 2.24) is 9.55 Å². The van der Waals surface area contributed by atoms with Crippen LogP contribution in [0.3, 0.4) is 0 Å². The van der Waals surface area contributed by atoms with Gasteiger partial charge in [0.2, 0.25) is 0 Å². The summed E-state index contributed by atoms with van der Waals surface area (Å²) < 4.78 is 1.91. The third-order valence-electron chi connectivity index (χ3n) is 3.26. The van der Waals surface area contributed by atoms with Gasteiger partial charge in [0.15, 0.2) is 0 Å². The van der Waals surface area contributed by atoms with Gasteiger partial charge < -0.3 is 15.4 Å². The lowest BCUT2D eigenvalue weighted by Gasteiger charge is -2.08. The SMILES string of the molecule is Nc1cccc(-c2nc3cc(Cl)c(Cl)cc3n2CCO)c1. The van der Waals surface area contributed by atoms with E-state index in [1.54, 1.807) is 12.1 Å². The van der Waals surface area contributed by atoms with Crippen LogP contribution in [-0.2, 0) is 6.54 Å². The molecule has 0 spiro atoms. The molecule has 2 aromatic carbocycles. The molecule has 3 rings (SSSR count). The predicted octanol–water partition coefficient (Wildman–Crippen LogP) is 3.58. The van der Waals surface area contributed by atoms with Gasteiger partial charge in [0, 0.05) is 17.8 Å². The Hall–Kier alpha value is -1.75. The van der Waals surface area contributed by atoms with E-state index < -0.39 is 0 Å². The highest BCUT2D eigenvalue weighted by atomic mass is 35.5. The lowest BCUT2D eigenvalue weighted by molar-refractivity contribution is 0.278. The molecule has 0 saturated heterocycles. The largest absolute Gasteiger partial charge is 0.399 e. The van der Waals surface area contributed by atoms with Crippen LogP contribution in [0.4, 0.5) is 5.69 Å². The highest BCUT2D eigenvalue weighted by Gasteiger charge is 2.14. The van der Waals surface area contributed by atoms with Gasteiger partial charge in [-0.1, -0.05) is 35.3 Å². The molecule has 21 heavy (non-hydrogen) atoms. The van der Waals surface area contributed by atoms with Crippen LogP contribution in [0.25, 0.3) is 22.4 Å². The van der Waals surface area contributed by atoms with E-state index in [9.17, 15) is 5.11 Å². The summed E-state index contributed by atoms with van der Waals surface area (Å²) in [6.07, 6.45) is 0. The van der Waals surface area contributed by atoms with Crippen molar-refractivity contribution in [3.05, 3.63) is 46.4 Å². The Morgan fingerprint density at radius 1 is 1.14 bits per heavy atom. The molecule has 0 fully saturated rings. The predicted molar refractivity (Wildman–Crippen MR) is 86.7 cm³/mol. The van der Waals surface area contributed by atoms with Crippen LogP contribution >= 0.6 is 23.2 Å². The van der Waals surface area contributed by atoms with E-state index in [2.05, 4.69) is 4.98 Å². The molecule has 0 saturated carbocycles. The average Bonchev–Trinajstić information content (AvgIpc) is 2.78. The number of nitrogens with zero attached hydrogens (tertiary/aromatic N) is 2. The Morgan fingerprint density at radius 2 is 1.90 bits per heavy atom. The summed E-state index contributed by atoms with van der Waals surface area (Å²) in [6, 6.07) is 10.9. The van der Waals surface area contributed by atoms with Gasteiger partial charge in [0.25, 0.3) is 0 Å². The number of imidazole rings is 1. The summed E-state index contributed by atoms with van der Waals surface area (Å²) in [5.41, 5.74) is 8.93. The van der Waals surface area contributed by atoms with Gasteiger partial charge in [-0.15, -0.1) is 0 Å². The zero-order valence-electron chi connectivity index (χ0n) is 11.1. The Labute approximate surface area is 131 Å². The smallest absolute Gasteiger partial charge is 0.141 e. The Morgan fingerprint density at radius 3 is 2.62 bits per heavy atom. The van der Waals surface area contributed by atoms with Crippen LogP contribution in [0.2, 0.25) is 10.0 Å². The van der Waals surface area contributed by atoms with Crippen LogP contribution in [0, 0.1) is 0 Å². The molecule has 4 nitrogen and oxygen atoms in total. The maximum Gasteiger partial charge on any atom is 0.141 e. The number of rotatable bonds is 3. The number of hydrogen-bond donors (Lipinski definition) is 2. The normalized spacial score (nSPS) is 11.2. The van der Waals surface area contributed by atoms with Crippen LogP contribution in [-0.4, -0.2) is 21.3 Å². The minimum atomic E-state index is 0.00101. The summed E-state index contributed by atoms with van der Waals surface area (Å²) >= 11 is 12.1. The number of nitrogens with two attached hydrogens (primary N) is 1. The summed E-state index contributed by atoms with van der Waals surface area (Å²) in [4.78, 5) is 4.60. The summed E-state index contributed by atoms with van der Waals surface area (Å²) in [7, 11) is 0. The maximum atomic E-state index is 9.32. The quantitative estimate of drug-likeness (QED) is 0.724. The van der Waals surface area contributed by atoms with Gasteiger partial charge in [-0.05, 0) is 24.3 Å². The van der Waals surface area contributed by atoms with Crippen molar-refractivity contribution < 1.29 is 5.11 Å². The molecule has 0 unspecified atom stereocenters. The summed E-state index contributed by atoms with van der Waals surface area (Å²) in [6.45, 7) is 0.416. The molecule has 108 valence electrons. The summed E-state index contributed by atoms with van der Waals surface area (Å²) in [5.74, 6) is 0.727. The van der Waals surface area contributed by atoms with Crippen molar-refractivity contribution >= 4 is 39.9 Å². The molecule has 0 aliphatic carbocycles. The number of hydrogen-bond acceptors (Lipinski definition) is 3. The van der Waals surface area contributed by atoms with Crippen molar-refractivity contribution in [1.29, 1.82) is 0 Å². The molecule has 0 amide bonds. The fraction of sp³-hybridized carbons (Fsp3) is 0.133. The second-order valence-corrected chi connectivity index (χ2v) is 5.51. The molecule has 0 aliphatic rings. The maximum absolute atomic E-state index is 9.32. The van der Waals surface area contributed by atoms with Crippen LogP contribution < -0.4 is 5.73 Å². The van der Waals surface area contributed by atoms with Crippen molar-refractivity contribution in [2.75, 3.05) is 12.3 Å². The van der Waals surface area contributed by atoms with Crippen molar-refractivity contribution in [3.63, 3.8) is 0 Å². The number of halogens is 2. The van der Waals surface area contributed by atoms with E-state index in [1.165, 1.54) is 0 Å². The topological polar surface area (TPSA) is 64.1 Å². The van der Waals surface area contributed by atoms with E-state index in [4.69, 9.17) is 28.9 Å². The second kappa shape index (κ2) is 5.56. The molecular formula is C15H13Cl2N3O. The zero-order chi connectivity index (χ0) is 15.0. The van der Waals surface area contributed by atoms with Crippen LogP contribution in [0.1, 0.15) is 0 Å². The number of aromatic nitrogens is 2. The fourth-order valence-corrected chi connectivity index (χ4v) is 2.66. The number of anilines is 1. The van der Waals surface area contributed by atoms with E-state index >= 15 is 0 Å². The van der Waals surface area contributed by atoms with Crippen molar-refractivity contribution in [2.45, 2.75) is 6.54 Å². The van der Waals surface area contributed by atoms with Gasteiger partial charge >= 0.3 is 0 Å².